The van der Waals surface area contributed by atoms with Crippen LogP contribution in [0.5, 0.6) is 11.5 Å². The van der Waals surface area contributed by atoms with Gasteiger partial charge in [-0.25, -0.2) is 0 Å². The zero-order valence-corrected chi connectivity index (χ0v) is 11.5. The molecule has 3 aromatic rings. The van der Waals surface area contributed by atoms with E-state index in [1.165, 1.54) is 18.2 Å². The first-order valence-electron chi connectivity index (χ1n) is 6.56. The molecule has 110 valence electrons. The molecule has 0 unspecified atom stereocenters. The van der Waals surface area contributed by atoms with Gasteiger partial charge in [-0.15, -0.1) is 0 Å². The third-order valence-electron chi connectivity index (χ3n) is 3.21. The molecule has 0 spiro atoms. The van der Waals surface area contributed by atoms with Crippen molar-refractivity contribution >= 4 is 23.0 Å². The molecular weight excluding hydrogens is 282 g/mol. The van der Waals surface area contributed by atoms with Crippen molar-refractivity contribution in [2.45, 2.75) is 0 Å². The van der Waals surface area contributed by atoms with Gasteiger partial charge in [-0.3, -0.25) is 4.79 Å². The fourth-order valence-corrected chi connectivity index (χ4v) is 2.23. The van der Waals surface area contributed by atoms with Gasteiger partial charge in [0.25, 0.3) is 0 Å². The monoisotopic (exact) mass is 295 g/mol. The minimum Gasteiger partial charge on any atom is -0.508 e. The van der Waals surface area contributed by atoms with Crippen molar-refractivity contribution in [1.82, 2.24) is 0 Å². The number of phenols is 2. The van der Waals surface area contributed by atoms with Crippen LogP contribution in [0, 0.1) is 0 Å². The maximum atomic E-state index is 10.9. The molecule has 0 aliphatic carbocycles. The van der Waals surface area contributed by atoms with Gasteiger partial charge < -0.3 is 20.4 Å². The summed E-state index contributed by atoms with van der Waals surface area (Å²) in [5.41, 5.74) is 6.98. The second-order valence-corrected chi connectivity index (χ2v) is 4.85. The number of phenolic OH excluding ortho intramolecular Hbond substituents is 2. The summed E-state index contributed by atoms with van der Waals surface area (Å²) in [6, 6.07) is 11.4. The Morgan fingerprint density at radius 2 is 1.77 bits per heavy atom. The van der Waals surface area contributed by atoms with Crippen LogP contribution >= 0.6 is 0 Å². The number of furan rings is 1. The van der Waals surface area contributed by atoms with E-state index in [0.29, 0.717) is 22.3 Å². The van der Waals surface area contributed by atoms with E-state index in [9.17, 15) is 15.0 Å². The van der Waals surface area contributed by atoms with E-state index in [0.717, 1.165) is 5.56 Å². The molecule has 0 bridgehead atoms. The van der Waals surface area contributed by atoms with Crippen molar-refractivity contribution < 1.29 is 19.4 Å². The summed E-state index contributed by atoms with van der Waals surface area (Å²) in [5.74, 6) is 0.244. The standard InChI is InChI=1S/C17H13NO4/c18-16(21)6-3-11-7-14(20)8-12-9-15(22-17(11)12)10-1-4-13(19)5-2-10/h1-9,19-20H,(H2,18,21). The molecule has 0 saturated heterocycles. The van der Waals surface area contributed by atoms with Crippen LogP contribution in [0.1, 0.15) is 5.56 Å². The fourth-order valence-electron chi connectivity index (χ4n) is 2.23. The van der Waals surface area contributed by atoms with Gasteiger partial charge in [0.1, 0.15) is 22.8 Å². The Kier molecular flexibility index (Phi) is 3.31. The third-order valence-corrected chi connectivity index (χ3v) is 3.21. The highest BCUT2D eigenvalue weighted by atomic mass is 16.3. The highest BCUT2D eigenvalue weighted by Gasteiger charge is 2.10. The van der Waals surface area contributed by atoms with Crippen LogP contribution < -0.4 is 5.73 Å². The number of hydrogen-bond acceptors (Lipinski definition) is 4. The Morgan fingerprint density at radius 1 is 1.05 bits per heavy atom. The number of nitrogens with two attached hydrogens (primary N) is 1. The molecule has 0 saturated carbocycles. The minimum atomic E-state index is -0.582. The minimum absolute atomic E-state index is 0.0645. The van der Waals surface area contributed by atoms with Gasteiger partial charge in [-0.1, -0.05) is 0 Å². The maximum Gasteiger partial charge on any atom is 0.241 e. The smallest absolute Gasteiger partial charge is 0.241 e. The molecule has 1 aromatic heterocycles. The molecule has 0 atom stereocenters. The molecule has 0 aliphatic rings. The average Bonchev–Trinajstić information content (AvgIpc) is 2.89. The van der Waals surface area contributed by atoms with Gasteiger partial charge in [-0.05, 0) is 48.5 Å². The predicted molar refractivity (Wildman–Crippen MR) is 83.2 cm³/mol. The number of benzene rings is 2. The van der Waals surface area contributed by atoms with Crippen molar-refractivity contribution in [3.8, 4) is 22.8 Å². The number of carbonyl (C=O) groups is 1. The molecule has 3 rings (SSSR count). The highest BCUT2D eigenvalue weighted by molar-refractivity contribution is 5.95. The van der Waals surface area contributed by atoms with E-state index in [1.807, 2.05) is 0 Å². The molecule has 0 fully saturated rings. The summed E-state index contributed by atoms with van der Waals surface area (Å²) in [4.78, 5) is 10.9. The van der Waals surface area contributed by atoms with Crippen molar-refractivity contribution in [3.63, 3.8) is 0 Å². The Morgan fingerprint density at radius 3 is 2.45 bits per heavy atom. The van der Waals surface area contributed by atoms with Gasteiger partial charge in [0.2, 0.25) is 5.91 Å². The van der Waals surface area contributed by atoms with E-state index < -0.39 is 5.91 Å². The first-order valence-corrected chi connectivity index (χ1v) is 6.56. The number of hydrogen-bond donors (Lipinski definition) is 3. The molecule has 2 aromatic carbocycles. The molecule has 5 heteroatoms. The van der Waals surface area contributed by atoms with Gasteiger partial charge >= 0.3 is 0 Å². The maximum absolute atomic E-state index is 10.9. The van der Waals surface area contributed by atoms with Crippen LogP contribution in [0.15, 0.2) is 53.0 Å². The van der Waals surface area contributed by atoms with Crippen LogP contribution in [0.3, 0.4) is 0 Å². The van der Waals surface area contributed by atoms with E-state index >= 15 is 0 Å². The first-order chi connectivity index (χ1) is 10.5. The SMILES string of the molecule is NC(=O)C=Cc1cc(O)cc2cc(-c3ccc(O)cc3)oc12. The normalized spacial score (nSPS) is 11.3. The lowest BCUT2D eigenvalue weighted by atomic mass is 10.1. The average molecular weight is 295 g/mol. The second-order valence-electron chi connectivity index (χ2n) is 4.85. The van der Waals surface area contributed by atoms with E-state index in [1.54, 1.807) is 36.4 Å². The lowest BCUT2D eigenvalue weighted by Gasteiger charge is -1.98. The lowest BCUT2D eigenvalue weighted by molar-refractivity contribution is -0.113. The Bertz CT molecular complexity index is 876. The molecule has 1 heterocycles. The van der Waals surface area contributed by atoms with Crippen molar-refractivity contribution in [2.75, 3.05) is 0 Å². The summed E-state index contributed by atoms with van der Waals surface area (Å²) in [6.07, 6.45) is 2.70. The Balaban J connectivity index is 2.14. The van der Waals surface area contributed by atoms with Crippen molar-refractivity contribution in [3.05, 3.63) is 54.1 Å². The molecule has 1 amide bonds. The topological polar surface area (TPSA) is 96.7 Å². The van der Waals surface area contributed by atoms with E-state index in [-0.39, 0.29) is 11.5 Å². The molecule has 22 heavy (non-hydrogen) atoms. The zero-order chi connectivity index (χ0) is 15.7. The molecular formula is C17H13NO4. The lowest BCUT2D eigenvalue weighted by Crippen LogP contribution is -2.05. The van der Waals surface area contributed by atoms with Gasteiger partial charge in [-0.2, -0.15) is 0 Å². The fraction of sp³-hybridized carbons (Fsp3) is 0. The van der Waals surface area contributed by atoms with Crippen molar-refractivity contribution in [2.24, 2.45) is 5.73 Å². The number of carbonyl (C=O) groups excluding carboxylic acids is 1. The summed E-state index contributed by atoms with van der Waals surface area (Å²) >= 11 is 0. The summed E-state index contributed by atoms with van der Waals surface area (Å²) in [7, 11) is 0. The Hall–Kier alpha value is -3.21. The third kappa shape index (κ3) is 2.64. The quantitative estimate of drug-likeness (QED) is 0.647. The number of primary amides is 1. The van der Waals surface area contributed by atoms with Crippen molar-refractivity contribution in [1.29, 1.82) is 0 Å². The zero-order valence-electron chi connectivity index (χ0n) is 11.5. The second kappa shape index (κ2) is 5.29. The van der Waals surface area contributed by atoms with Crippen LogP contribution in [-0.4, -0.2) is 16.1 Å². The number of amides is 1. The molecule has 5 nitrogen and oxygen atoms in total. The predicted octanol–water partition coefficient (Wildman–Crippen LogP) is 3.01. The van der Waals surface area contributed by atoms with Gasteiger partial charge in [0.15, 0.2) is 0 Å². The summed E-state index contributed by atoms with van der Waals surface area (Å²) < 4.78 is 5.82. The van der Waals surface area contributed by atoms with E-state index in [4.69, 9.17) is 10.2 Å². The van der Waals surface area contributed by atoms with Gasteiger partial charge in [0.05, 0.1) is 0 Å². The van der Waals surface area contributed by atoms with Crippen LogP contribution in [0.2, 0.25) is 0 Å². The van der Waals surface area contributed by atoms with E-state index in [2.05, 4.69) is 0 Å². The first kappa shape index (κ1) is 13.8. The number of aromatic hydroxyl groups is 2. The largest absolute Gasteiger partial charge is 0.508 e. The van der Waals surface area contributed by atoms with Gasteiger partial charge in [0, 0.05) is 22.6 Å². The van der Waals surface area contributed by atoms with Crippen LogP contribution in [0.25, 0.3) is 28.4 Å². The molecule has 0 radical (unpaired) electrons. The number of rotatable bonds is 3. The highest BCUT2D eigenvalue weighted by Crippen LogP contribution is 2.33. The molecule has 4 N–H and O–H groups in total. The number of fused-ring (bicyclic) bond motifs is 1. The summed E-state index contributed by atoms with van der Waals surface area (Å²) in [6.45, 7) is 0. The van der Waals surface area contributed by atoms with Crippen LogP contribution in [-0.2, 0) is 4.79 Å². The molecule has 0 aliphatic heterocycles. The van der Waals surface area contributed by atoms with Crippen LogP contribution in [0.4, 0.5) is 0 Å². The Labute approximate surface area is 125 Å². The summed E-state index contributed by atoms with van der Waals surface area (Å²) in [5, 5.41) is 19.8.